The Morgan fingerprint density at radius 3 is 2.61 bits per heavy atom. The molecule has 0 atom stereocenters. The first-order valence-corrected chi connectivity index (χ1v) is 6.37. The maximum Gasteiger partial charge on any atom is 0.339 e. The zero-order chi connectivity index (χ0) is 13.4. The van der Waals surface area contributed by atoms with Crippen molar-refractivity contribution in [2.24, 2.45) is 0 Å². The van der Waals surface area contributed by atoms with Crippen LogP contribution in [0.4, 0.5) is 0 Å². The minimum atomic E-state index is -0.968. The number of benzene rings is 1. The number of carboxylic acid groups (broad SMARTS) is 1. The number of hydrogen-bond donors (Lipinski definition) is 1. The molecule has 1 aromatic carbocycles. The summed E-state index contributed by atoms with van der Waals surface area (Å²) in [5, 5.41) is 10.4. The van der Waals surface area contributed by atoms with E-state index in [0.29, 0.717) is 5.15 Å². The second-order valence-corrected chi connectivity index (χ2v) is 4.96. The van der Waals surface area contributed by atoms with Gasteiger partial charge in [0.15, 0.2) is 0 Å². The van der Waals surface area contributed by atoms with Crippen LogP contribution in [0.3, 0.4) is 0 Å². The summed E-state index contributed by atoms with van der Waals surface area (Å²) < 4.78 is 1.90. The molecule has 0 unspecified atom stereocenters. The van der Waals surface area contributed by atoms with E-state index < -0.39 is 5.97 Å². The SMILES string of the molecule is CCCn1c(Cl)c(C(=O)O)c2cc(C)cc(C)c21. The van der Waals surface area contributed by atoms with Gasteiger partial charge < -0.3 is 9.67 Å². The number of carbonyl (C=O) groups is 1. The van der Waals surface area contributed by atoms with Crippen LogP contribution in [-0.4, -0.2) is 15.6 Å². The molecule has 0 aliphatic rings. The van der Waals surface area contributed by atoms with Crippen LogP contribution in [0.15, 0.2) is 12.1 Å². The van der Waals surface area contributed by atoms with Gasteiger partial charge in [-0.05, 0) is 31.9 Å². The third-order valence-electron chi connectivity index (χ3n) is 3.09. The first kappa shape index (κ1) is 13.0. The standard InChI is InChI=1S/C14H16ClNO2/c1-4-5-16-12-9(3)6-8(2)7-10(12)11(13(16)15)14(17)18/h6-7H,4-5H2,1-3H3,(H,17,18). The summed E-state index contributed by atoms with van der Waals surface area (Å²) in [5.41, 5.74) is 3.26. The average molecular weight is 266 g/mol. The number of aromatic carboxylic acids is 1. The molecule has 18 heavy (non-hydrogen) atoms. The van der Waals surface area contributed by atoms with E-state index in [0.717, 1.165) is 35.0 Å². The van der Waals surface area contributed by atoms with E-state index in [1.807, 2.05) is 31.4 Å². The van der Waals surface area contributed by atoms with Gasteiger partial charge in [0.05, 0.1) is 5.52 Å². The van der Waals surface area contributed by atoms with Gasteiger partial charge in [-0.25, -0.2) is 4.79 Å². The molecule has 2 rings (SSSR count). The fraction of sp³-hybridized carbons (Fsp3) is 0.357. The van der Waals surface area contributed by atoms with Gasteiger partial charge in [0.25, 0.3) is 0 Å². The van der Waals surface area contributed by atoms with Crippen LogP contribution in [-0.2, 0) is 6.54 Å². The van der Waals surface area contributed by atoms with E-state index in [1.165, 1.54) is 0 Å². The predicted octanol–water partition coefficient (Wildman–Crippen LogP) is 4.02. The van der Waals surface area contributed by atoms with Crippen LogP contribution >= 0.6 is 11.6 Å². The summed E-state index contributed by atoms with van der Waals surface area (Å²) in [6.45, 7) is 6.73. The summed E-state index contributed by atoms with van der Waals surface area (Å²) >= 11 is 6.23. The highest BCUT2D eigenvalue weighted by Crippen LogP contribution is 2.33. The molecule has 0 aliphatic carbocycles. The number of hydrogen-bond acceptors (Lipinski definition) is 1. The average Bonchev–Trinajstić information content (AvgIpc) is 2.52. The highest BCUT2D eigenvalue weighted by Gasteiger charge is 2.21. The van der Waals surface area contributed by atoms with Crippen molar-refractivity contribution in [3.63, 3.8) is 0 Å². The molecule has 0 spiro atoms. The summed E-state index contributed by atoms with van der Waals surface area (Å²) in [6.07, 6.45) is 0.913. The Hall–Kier alpha value is -1.48. The molecule has 96 valence electrons. The van der Waals surface area contributed by atoms with Crippen molar-refractivity contribution in [1.82, 2.24) is 4.57 Å². The number of aromatic nitrogens is 1. The fourth-order valence-electron chi connectivity index (χ4n) is 2.49. The smallest absolute Gasteiger partial charge is 0.339 e. The van der Waals surface area contributed by atoms with E-state index in [9.17, 15) is 9.90 Å². The Balaban J connectivity index is 2.92. The number of aryl methyl sites for hydroxylation is 3. The van der Waals surface area contributed by atoms with E-state index >= 15 is 0 Å². The topological polar surface area (TPSA) is 42.2 Å². The second kappa shape index (κ2) is 4.65. The molecule has 0 saturated heterocycles. The molecule has 3 nitrogen and oxygen atoms in total. The molecule has 0 bridgehead atoms. The summed E-state index contributed by atoms with van der Waals surface area (Å²) in [4.78, 5) is 11.4. The van der Waals surface area contributed by atoms with Gasteiger partial charge in [0.1, 0.15) is 10.7 Å². The zero-order valence-corrected chi connectivity index (χ0v) is 11.5. The maximum atomic E-state index is 11.4. The Labute approximate surface area is 111 Å². The van der Waals surface area contributed by atoms with Crippen molar-refractivity contribution in [3.8, 4) is 0 Å². The van der Waals surface area contributed by atoms with E-state index in [4.69, 9.17) is 11.6 Å². The molecule has 1 heterocycles. The van der Waals surface area contributed by atoms with Crippen LogP contribution < -0.4 is 0 Å². The lowest BCUT2D eigenvalue weighted by Crippen LogP contribution is -2.00. The molecule has 0 amide bonds. The van der Waals surface area contributed by atoms with Gasteiger partial charge in [0.2, 0.25) is 0 Å². The molecule has 1 aromatic heterocycles. The van der Waals surface area contributed by atoms with Gasteiger partial charge in [-0.2, -0.15) is 0 Å². The van der Waals surface area contributed by atoms with Gasteiger partial charge in [-0.15, -0.1) is 0 Å². The summed E-state index contributed by atoms with van der Waals surface area (Å²) in [5.74, 6) is -0.968. The van der Waals surface area contributed by atoms with E-state index in [2.05, 4.69) is 6.07 Å². The second-order valence-electron chi connectivity index (χ2n) is 4.60. The van der Waals surface area contributed by atoms with Crippen molar-refractivity contribution in [1.29, 1.82) is 0 Å². The molecule has 1 N–H and O–H groups in total. The quantitative estimate of drug-likeness (QED) is 0.911. The fourth-order valence-corrected chi connectivity index (χ4v) is 2.84. The predicted molar refractivity (Wildman–Crippen MR) is 73.7 cm³/mol. The Bertz CT molecular complexity index is 628. The Morgan fingerprint density at radius 1 is 1.39 bits per heavy atom. The highest BCUT2D eigenvalue weighted by molar-refractivity contribution is 6.35. The molecular weight excluding hydrogens is 250 g/mol. The van der Waals surface area contributed by atoms with Gasteiger partial charge in [-0.3, -0.25) is 0 Å². The lowest BCUT2D eigenvalue weighted by Gasteiger charge is -2.07. The lowest BCUT2D eigenvalue weighted by atomic mass is 10.1. The third kappa shape index (κ3) is 1.89. The lowest BCUT2D eigenvalue weighted by molar-refractivity contribution is 0.0699. The number of halogens is 1. The third-order valence-corrected chi connectivity index (χ3v) is 3.48. The van der Waals surface area contributed by atoms with Crippen molar-refractivity contribution in [2.75, 3.05) is 0 Å². The summed E-state index contributed by atoms with van der Waals surface area (Å²) in [6, 6.07) is 3.94. The largest absolute Gasteiger partial charge is 0.478 e. The van der Waals surface area contributed by atoms with Crippen LogP contribution in [0, 0.1) is 13.8 Å². The highest BCUT2D eigenvalue weighted by atomic mass is 35.5. The summed E-state index contributed by atoms with van der Waals surface area (Å²) in [7, 11) is 0. The molecular formula is C14H16ClNO2. The Morgan fingerprint density at radius 2 is 2.06 bits per heavy atom. The maximum absolute atomic E-state index is 11.4. The van der Waals surface area contributed by atoms with Crippen molar-refractivity contribution in [2.45, 2.75) is 33.7 Å². The van der Waals surface area contributed by atoms with Crippen LogP contribution in [0.5, 0.6) is 0 Å². The first-order chi connectivity index (χ1) is 8.47. The molecule has 0 fully saturated rings. The van der Waals surface area contributed by atoms with Crippen LogP contribution in [0.2, 0.25) is 5.15 Å². The van der Waals surface area contributed by atoms with E-state index in [-0.39, 0.29) is 5.56 Å². The van der Waals surface area contributed by atoms with E-state index in [1.54, 1.807) is 0 Å². The minimum Gasteiger partial charge on any atom is -0.478 e. The number of rotatable bonds is 3. The number of fused-ring (bicyclic) bond motifs is 1. The number of nitrogens with zero attached hydrogens (tertiary/aromatic N) is 1. The molecule has 0 aliphatic heterocycles. The zero-order valence-electron chi connectivity index (χ0n) is 10.7. The molecule has 0 radical (unpaired) electrons. The van der Waals surface area contributed by atoms with Crippen molar-refractivity contribution in [3.05, 3.63) is 34.0 Å². The first-order valence-electron chi connectivity index (χ1n) is 5.99. The Kier molecular flexibility index (Phi) is 3.35. The number of carboxylic acids is 1. The van der Waals surface area contributed by atoms with Gasteiger partial charge in [-0.1, -0.05) is 30.2 Å². The monoisotopic (exact) mass is 265 g/mol. The van der Waals surface area contributed by atoms with Crippen LogP contribution in [0.1, 0.15) is 34.8 Å². The van der Waals surface area contributed by atoms with Gasteiger partial charge in [0, 0.05) is 11.9 Å². The van der Waals surface area contributed by atoms with Crippen LogP contribution in [0.25, 0.3) is 10.9 Å². The molecule has 2 aromatic rings. The molecule has 4 heteroatoms. The van der Waals surface area contributed by atoms with Crippen molar-refractivity contribution < 1.29 is 9.90 Å². The minimum absolute atomic E-state index is 0.215. The van der Waals surface area contributed by atoms with Gasteiger partial charge >= 0.3 is 5.97 Å². The normalized spacial score (nSPS) is 11.1. The molecule has 0 saturated carbocycles. The van der Waals surface area contributed by atoms with Crippen molar-refractivity contribution >= 4 is 28.5 Å².